The van der Waals surface area contributed by atoms with Gasteiger partial charge in [0.25, 0.3) is 5.91 Å². The van der Waals surface area contributed by atoms with E-state index in [4.69, 9.17) is 16.3 Å². The monoisotopic (exact) mass is 426 g/mol. The molecule has 0 bridgehead atoms. The molecule has 1 fully saturated rings. The molecule has 4 rings (SSSR count). The van der Waals surface area contributed by atoms with Crippen molar-refractivity contribution in [2.45, 2.75) is 45.2 Å². The van der Waals surface area contributed by atoms with Crippen molar-refractivity contribution in [2.75, 3.05) is 13.7 Å². The van der Waals surface area contributed by atoms with Crippen molar-refractivity contribution < 1.29 is 14.3 Å². The molecule has 3 unspecified atom stereocenters. The Bertz CT molecular complexity index is 990. The largest absolute Gasteiger partial charge is 0.497 e. The number of hydrogen-bond donors (Lipinski definition) is 1. The number of halogens is 1. The molecule has 2 aliphatic rings. The molecule has 3 atom stereocenters. The number of benzene rings is 2. The number of carbonyl (C=O) groups is 2. The van der Waals surface area contributed by atoms with Crippen LogP contribution in [0.2, 0.25) is 5.02 Å². The van der Waals surface area contributed by atoms with Crippen LogP contribution in [0.25, 0.3) is 0 Å². The number of methoxy groups -OCH3 is 1. The summed E-state index contributed by atoms with van der Waals surface area (Å²) >= 11 is 6.17. The SMILES string of the molecule is COc1ccc2c(c1)CCN1C(=O)C(NC(=O)c3ccc(C)c(Cl)c3)CCC(C)C21. The topological polar surface area (TPSA) is 58.6 Å². The highest BCUT2D eigenvalue weighted by Gasteiger charge is 2.40. The van der Waals surface area contributed by atoms with E-state index in [2.05, 4.69) is 24.4 Å². The molecule has 0 aromatic heterocycles. The van der Waals surface area contributed by atoms with Crippen LogP contribution in [0.5, 0.6) is 5.75 Å². The molecule has 2 aromatic carbocycles. The van der Waals surface area contributed by atoms with Gasteiger partial charge in [0.1, 0.15) is 11.8 Å². The number of hydrogen-bond acceptors (Lipinski definition) is 3. The molecule has 0 radical (unpaired) electrons. The maximum Gasteiger partial charge on any atom is 0.251 e. The second kappa shape index (κ2) is 8.31. The van der Waals surface area contributed by atoms with Crippen LogP contribution in [0.3, 0.4) is 0 Å². The van der Waals surface area contributed by atoms with Gasteiger partial charge in [-0.2, -0.15) is 0 Å². The van der Waals surface area contributed by atoms with Crippen LogP contribution in [0, 0.1) is 12.8 Å². The second-order valence-corrected chi connectivity index (χ2v) is 8.74. The maximum absolute atomic E-state index is 13.4. The summed E-state index contributed by atoms with van der Waals surface area (Å²) in [4.78, 5) is 28.2. The van der Waals surface area contributed by atoms with Crippen molar-refractivity contribution in [1.82, 2.24) is 10.2 Å². The fourth-order valence-corrected chi connectivity index (χ4v) is 4.82. The third-order valence-corrected chi connectivity index (χ3v) is 6.80. The second-order valence-electron chi connectivity index (χ2n) is 8.34. The van der Waals surface area contributed by atoms with Crippen molar-refractivity contribution >= 4 is 23.4 Å². The Morgan fingerprint density at radius 1 is 1.20 bits per heavy atom. The van der Waals surface area contributed by atoms with Gasteiger partial charge in [-0.3, -0.25) is 9.59 Å². The average molecular weight is 427 g/mol. The summed E-state index contributed by atoms with van der Waals surface area (Å²) in [7, 11) is 1.67. The van der Waals surface area contributed by atoms with Crippen molar-refractivity contribution in [1.29, 1.82) is 0 Å². The third-order valence-electron chi connectivity index (χ3n) is 6.40. The zero-order valence-electron chi connectivity index (χ0n) is 17.6. The molecule has 2 heterocycles. The summed E-state index contributed by atoms with van der Waals surface area (Å²) in [6.45, 7) is 4.73. The van der Waals surface area contributed by atoms with Gasteiger partial charge in [-0.05, 0) is 73.1 Å². The van der Waals surface area contributed by atoms with E-state index in [1.54, 1.807) is 19.2 Å². The maximum atomic E-state index is 13.4. The standard InChI is InChI=1S/C24H27ClN2O3/c1-14-4-6-17(13-20(14)25)23(28)26-21-9-5-15(2)22-19-8-7-18(30-3)12-16(19)10-11-27(22)24(21)29/h4,6-8,12-13,15,21-22H,5,9-11H2,1-3H3,(H,26,28). The highest BCUT2D eigenvalue weighted by atomic mass is 35.5. The molecule has 2 amide bonds. The summed E-state index contributed by atoms with van der Waals surface area (Å²) in [6.07, 6.45) is 2.28. The van der Waals surface area contributed by atoms with Crippen LogP contribution in [0.15, 0.2) is 36.4 Å². The van der Waals surface area contributed by atoms with Gasteiger partial charge in [-0.25, -0.2) is 0 Å². The first-order chi connectivity index (χ1) is 14.4. The first-order valence-electron chi connectivity index (χ1n) is 10.4. The first kappa shape index (κ1) is 20.7. The number of carbonyl (C=O) groups excluding carboxylic acids is 2. The zero-order valence-corrected chi connectivity index (χ0v) is 18.3. The van der Waals surface area contributed by atoms with E-state index in [-0.39, 0.29) is 17.9 Å². The number of nitrogens with zero attached hydrogens (tertiary/aromatic N) is 1. The molecule has 5 nitrogen and oxygen atoms in total. The molecule has 0 saturated carbocycles. The fourth-order valence-electron chi connectivity index (χ4n) is 4.64. The summed E-state index contributed by atoms with van der Waals surface area (Å²) in [6, 6.07) is 10.9. The van der Waals surface area contributed by atoms with Gasteiger partial charge in [0.2, 0.25) is 5.91 Å². The molecule has 158 valence electrons. The molecule has 2 aromatic rings. The Morgan fingerprint density at radius 3 is 2.73 bits per heavy atom. The number of amides is 2. The van der Waals surface area contributed by atoms with E-state index in [9.17, 15) is 9.59 Å². The Kier molecular flexibility index (Phi) is 5.74. The number of nitrogens with one attached hydrogen (secondary N) is 1. The molecule has 0 spiro atoms. The summed E-state index contributed by atoms with van der Waals surface area (Å²) in [5, 5.41) is 3.51. The van der Waals surface area contributed by atoms with Crippen LogP contribution < -0.4 is 10.1 Å². The molecule has 6 heteroatoms. The minimum absolute atomic E-state index is 0.00243. The Balaban J connectivity index is 1.57. The number of rotatable bonds is 3. The summed E-state index contributed by atoms with van der Waals surface area (Å²) in [5.74, 6) is 0.884. The van der Waals surface area contributed by atoms with Crippen LogP contribution >= 0.6 is 11.6 Å². The lowest BCUT2D eigenvalue weighted by atomic mass is 9.84. The van der Waals surface area contributed by atoms with Crippen molar-refractivity contribution in [3.8, 4) is 5.75 Å². The van der Waals surface area contributed by atoms with Gasteiger partial charge in [0.15, 0.2) is 0 Å². The van der Waals surface area contributed by atoms with Crippen LogP contribution in [-0.4, -0.2) is 36.4 Å². The van der Waals surface area contributed by atoms with Gasteiger partial charge >= 0.3 is 0 Å². The van der Waals surface area contributed by atoms with E-state index in [0.29, 0.717) is 29.5 Å². The van der Waals surface area contributed by atoms with Crippen LogP contribution in [0.4, 0.5) is 0 Å². The number of aryl methyl sites for hydroxylation is 1. The van der Waals surface area contributed by atoms with E-state index < -0.39 is 6.04 Å². The van der Waals surface area contributed by atoms with E-state index in [1.165, 1.54) is 11.1 Å². The minimum atomic E-state index is -0.523. The first-order valence-corrected chi connectivity index (χ1v) is 10.8. The van der Waals surface area contributed by atoms with E-state index in [0.717, 1.165) is 24.2 Å². The minimum Gasteiger partial charge on any atom is -0.497 e. The lowest BCUT2D eigenvalue weighted by Gasteiger charge is -2.40. The molecule has 30 heavy (non-hydrogen) atoms. The lowest BCUT2D eigenvalue weighted by molar-refractivity contribution is -0.136. The van der Waals surface area contributed by atoms with Crippen molar-refractivity contribution in [2.24, 2.45) is 5.92 Å². The van der Waals surface area contributed by atoms with E-state index >= 15 is 0 Å². The smallest absolute Gasteiger partial charge is 0.251 e. The Hall–Kier alpha value is -2.53. The van der Waals surface area contributed by atoms with Crippen molar-refractivity contribution in [3.05, 3.63) is 63.7 Å². The average Bonchev–Trinajstić information content (AvgIpc) is 2.87. The molecule has 2 aliphatic heterocycles. The van der Waals surface area contributed by atoms with Gasteiger partial charge < -0.3 is 15.0 Å². The number of fused-ring (bicyclic) bond motifs is 3. The summed E-state index contributed by atoms with van der Waals surface area (Å²) < 4.78 is 5.37. The number of ether oxygens (including phenoxy) is 1. The van der Waals surface area contributed by atoms with Crippen LogP contribution in [0.1, 0.15) is 52.9 Å². The molecule has 1 saturated heterocycles. The Labute approximate surface area is 182 Å². The van der Waals surface area contributed by atoms with Gasteiger partial charge in [0.05, 0.1) is 13.2 Å². The normalized spacial score (nSPS) is 23.3. The molecule has 1 N–H and O–H groups in total. The van der Waals surface area contributed by atoms with E-state index in [1.807, 2.05) is 24.0 Å². The molecular formula is C24H27ClN2O3. The van der Waals surface area contributed by atoms with Gasteiger partial charge in [0, 0.05) is 17.1 Å². The highest BCUT2D eigenvalue weighted by molar-refractivity contribution is 6.31. The predicted octanol–water partition coefficient (Wildman–Crippen LogP) is 4.31. The third kappa shape index (κ3) is 3.79. The summed E-state index contributed by atoms with van der Waals surface area (Å²) in [5.41, 5.74) is 3.83. The quantitative estimate of drug-likeness (QED) is 0.795. The predicted molar refractivity (Wildman–Crippen MR) is 117 cm³/mol. The molecular weight excluding hydrogens is 400 g/mol. The zero-order chi connectivity index (χ0) is 21.4. The lowest BCUT2D eigenvalue weighted by Crippen LogP contribution is -2.50. The van der Waals surface area contributed by atoms with Crippen LogP contribution in [-0.2, 0) is 11.2 Å². The van der Waals surface area contributed by atoms with Gasteiger partial charge in [-0.15, -0.1) is 0 Å². The Morgan fingerprint density at radius 2 is 2.00 bits per heavy atom. The fraction of sp³-hybridized carbons (Fsp3) is 0.417. The van der Waals surface area contributed by atoms with Gasteiger partial charge in [-0.1, -0.05) is 30.7 Å². The van der Waals surface area contributed by atoms with Crippen molar-refractivity contribution in [3.63, 3.8) is 0 Å². The molecule has 0 aliphatic carbocycles. The highest BCUT2D eigenvalue weighted by Crippen LogP contribution is 2.41.